The molecule has 0 radical (unpaired) electrons. The zero-order valence-electron chi connectivity index (χ0n) is 31.5. The van der Waals surface area contributed by atoms with Gasteiger partial charge in [0.2, 0.25) is 0 Å². The van der Waals surface area contributed by atoms with Gasteiger partial charge in [-0.3, -0.25) is 0 Å². The number of anilines is 3. The molecule has 0 aromatic heterocycles. The van der Waals surface area contributed by atoms with Crippen LogP contribution in [0, 0.1) is 0 Å². The number of hydrogen-bond donors (Lipinski definition) is 0. The Bertz CT molecular complexity index is 2960. The average molecular weight is 726 g/mol. The molecule has 10 rings (SSSR count). The number of benzene rings is 10. The van der Waals surface area contributed by atoms with Gasteiger partial charge in [-0.15, -0.1) is 0 Å². The quantitative estimate of drug-likeness (QED) is 0.141. The second kappa shape index (κ2) is 15.0. The fraction of sp³-hybridized carbons (Fsp3) is 0. The Labute approximate surface area is 334 Å². The van der Waals surface area contributed by atoms with Crippen molar-refractivity contribution >= 4 is 38.6 Å². The topological polar surface area (TPSA) is 3.24 Å². The number of nitrogens with zero attached hydrogens (tertiary/aromatic N) is 1. The van der Waals surface area contributed by atoms with Gasteiger partial charge in [0.1, 0.15) is 0 Å². The van der Waals surface area contributed by atoms with Gasteiger partial charge in [0.15, 0.2) is 0 Å². The summed E-state index contributed by atoms with van der Waals surface area (Å²) in [6.45, 7) is 0. The lowest BCUT2D eigenvalue weighted by atomic mass is 9.84. The molecule has 0 spiro atoms. The molecule has 0 atom stereocenters. The van der Waals surface area contributed by atoms with Gasteiger partial charge in [0, 0.05) is 17.1 Å². The Balaban J connectivity index is 1.10. The van der Waals surface area contributed by atoms with Crippen LogP contribution in [0.25, 0.3) is 77.2 Å². The summed E-state index contributed by atoms with van der Waals surface area (Å²) in [7, 11) is 0. The molecule has 1 heteroatoms. The fourth-order valence-electron chi connectivity index (χ4n) is 8.40. The van der Waals surface area contributed by atoms with E-state index in [-0.39, 0.29) is 0 Å². The van der Waals surface area contributed by atoms with Crippen LogP contribution in [0.5, 0.6) is 0 Å². The van der Waals surface area contributed by atoms with Crippen LogP contribution in [0.2, 0.25) is 0 Å². The van der Waals surface area contributed by atoms with E-state index in [1.807, 2.05) is 0 Å². The summed E-state index contributed by atoms with van der Waals surface area (Å²) in [5.41, 5.74) is 15.5. The van der Waals surface area contributed by atoms with Crippen LogP contribution in [0.1, 0.15) is 0 Å². The van der Waals surface area contributed by atoms with Gasteiger partial charge in [-0.25, -0.2) is 0 Å². The van der Waals surface area contributed by atoms with E-state index in [9.17, 15) is 0 Å². The SMILES string of the molecule is c1ccc(-c2ccc(N(c3ccccc3)c3ccc(-c4ccc5c(-c6ccccc6)c(-c6ccccc6)c6ccccc6c5c4)cc3)cc2-c2ccccc2)cc1. The van der Waals surface area contributed by atoms with E-state index >= 15 is 0 Å². The normalized spacial score (nSPS) is 11.2. The van der Waals surface area contributed by atoms with Crippen LogP contribution >= 0.6 is 0 Å². The van der Waals surface area contributed by atoms with Crippen molar-refractivity contribution in [3.63, 3.8) is 0 Å². The minimum absolute atomic E-state index is 1.10. The Morgan fingerprint density at radius 2 is 0.632 bits per heavy atom. The predicted molar refractivity (Wildman–Crippen MR) is 243 cm³/mol. The van der Waals surface area contributed by atoms with Crippen LogP contribution in [0.3, 0.4) is 0 Å². The molecule has 268 valence electrons. The van der Waals surface area contributed by atoms with E-state index in [0.717, 1.165) is 17.1 Å². The van der Waals surface area contributed by atoms with Crippen molar-refractivity contribution in [2.75, 3.05) is 4.90 Å². The number of fused-ring (bicyclic) bond motifs is 3. The second-order valence-electron chi connectivity index (χ2n) is 14.5. The molecular formula is C56H39N. The molecule has 1 nitrogen and oxygen atoms in total. The predicted octanol–water partition coefficient (Wildman–Crippen LogP) is 15.8. The van der Waals surface area contributed by atoms with Crippen molar-refractivity contribution < 1.29 is 0 Å². The maximum atomic E-state index is 2.39. The first kappa shape index (κ1) is 34.0. The third-order valence-electron chi connectivity index (χ3n) is 11.1. The van der Waals surface area contributed by atoms with Crippen LogP contribution in [0.15, 0.2) is 237 Å². The van der Waals surface area contributed by atoms with E-state index in [2.05, 4.69) is 241 Å². The largest absolute Gasteiger partial charge is 0.310 e. The van der Waals surface area contributed by atoms with Crippen molar-refractivity contribution in [3.05, 3.63) is 237 Å². The molecule has 0 N–H and O–H groups in total. The number of para-hydroxylation sites is 1. The second-order valence-corrected chi connectivity index (χ2v) is 14.5. The van der Waals surface area contributed by atoms with E-state index in [0.29, 0.717) is 0 Å². The molecule has 0 aliphatic heterocycles. The van der Waals surface area contributed by atoms with Gasteiger partial charge in [-0.1, -0.05) is 194 Å². The smallest absolute Gasteiger partial charge is 0.0468 e. The molecular weight excluding hydrogens is 687 g/mol. The molecule has 0 aliphatic rings. The highest BCUT2D eigenvalue weighted by atomic mass is 15.1. The Hall–Kier alpha value is -7.48. The molecule has 0 unspecified atom stereocenters. The lowest BCUT2D eigenvalue weighted by Gasteiger charge is -2.27. The monoisotopic (exact) mass is 725 g/mol. The highest BCUT2D eigenvalue weighted by molar-refractivity contribution is 6.22. The molecule has 0 saturated carbocycles. The first-order valence-corrected chi connectivity index (χ1v) is 19.6. The fourth-order valence-corrected chi connectivity index (χ4v) is 8.40. The van der Waals surface area contributed by atoms with Crippen LogP contribution in [0.4, 0.5) is 17.1 Å². The summed E-state index contributed by atoms with van der Waals surface area (Å²) in [6, 6.07) is 85.5. The van der Waals surface area contributed by atoms with E-state index in [1.54, 1.807) is 0 Å². The lowest BCUT2D eigenvalue weighted by Crippen LogP contribution is -2.10. The third kappa shape index (κ3) is 6.46. The maximum absolute atomic E-state index is 2.39. The molecule has 0 amide bonds. The highest BCUT2D eigenvalue weighted by Gasteiger charge is 2.19. The summed E-state index contributed by atoms with van der Waals surface area (Å²) in [5.74, 6) is 0. The van der Waals surface area contributed by atoms with Crippen LogP contribution in [-0.2, 0) is 0 Å². The molecule has 57 heavy (non-hydrogen) atoms. The van der Waals surface area contributed by atoms with Gasteiger partial charge in [-0.05, 0) is 120 Å². The van der Waals surface area contributed by atoms with Gasteiger partial charge in [-0.2, -0.15) is 0 Å². The molecule has 10 aromatic carbocycles. The molecule has 0 aliphatic carbocycles. The lowest BCUT2D eigenvalue weighted by molar-refractivity contribution is 1.28. The number of hydrogen-bond acceptors (Lipinski definition) is 1. The first-order chi connectivity index (χ1) is 28.3. The van der Waals surface area contributed by atoms with Crippen LogP contribution < -0.4 is 4.90 Å². The molecule has 0 fully saturated rings. The van der Waals surface area contributed by atoms with Crippen molar-refractivity contribution in [3.8, 4) is 55.6 Å². The zero-order valence-corrected chi connectivity index (χ0v) is 31.5. The van der Waals surface area contributed by atoms with Crippen LogP contribution in [-0.4, -0.2) is 0 Å². The van der Waals surface area contributed by atoms with Gasteiger partial charge in [0.25, 0.3) is 0 Å². The summed E-state index contributed by atoms with van der Waals surface area (Å²) < 4.78 is 0. The maximum Gasteiger partial charge on any atom is 0.0468 e. The molecule has 0 bridgehead atoms. The minimum Gasteiger partial charge on any atom is -0.310 e. The van der Waals surface area contributed by atoms with Crippen molar-refractivity contribution in [1.29, 1.82) is 0 Å². The highest BCUT2D eigenvalue weighted by Crippen LogP contribution is 2.46. The summed E-state index contributed by atoms with van der Waals surface area (Å²) in [5, 5.41) is 5.02. The van der Waals surface area contributed by atoms with E-state index in [1.165, 1.54) is 77.2 Å². The molecule has 10 aromatic rings. The zero-order chi connectivity index (χ0) is 38.0. The van der Waals surface area contributed by atoms with Gasteiger partial charge in [0.05, 0.1) is 0 Å². The average Bonchev–Trinajstić information content (AvgIpc) is 3.30. The van der Waals surface area contributed by atoms with E-state index in [4.69, 9.17) is 0 Å². The molecule has 0 saturated heterocycles. The molecule has 0 heterocycles. The Kier molecular flexibility index (Phi) is 8.95. The van der Waals surface area contributed by atoms with Gasteiger partial charge >= 0.3 is 0 Å². The summed E-state index contributed by atoms with van der Waals surface area (Å²) >= 11 is 0. The van der Waals surface area contributed by atoms with Crippen molar-refractivity contribution in [1.82, 2.24) is 0 Å². The number of rotatable bonds is 8. The standard InChI is InChI=1S/C56H39N/c1-6-18-41(19-7-1)49-37-35-48(39-53(49)42-20-8-2-9-21-42)57(46-26-14-5-15-27-46)47-33-30-40(31-34-47)45-32-36-52-54(38-45)50-28-16-17-29-51(50)55(43-22-10-3-11-23-43)56(52)44-24-12-4-13-25-44/h1-39H. The third-order valence-corrected chi connectivity index (χ3v) is 11.1. The summed E-state index contributed by atoms with van der Waals surface area (Å²) in [4.78, 5) is 2.36. The minimum atomic E-state index is 1.10. The van der Waals surface area contributed by atoms with Crippen molar-refractivity contribution in [2.45, 2.75) is 0 Å². The van der Waals surface area contributed by atoms with Gasteiger partial charge < -0.3 is 4.90 Å². The Morgan fingerprint density at radius 3 is 1.21 bits per heavy atom. The van der Waals surface area contributed by atoms with Crippen molar-refractivity contribution in [2.24, 2.45) is 0 Å². The van der Waals surface area contributed by atoms with E-state index < -0.39 is 0 Å². The summed E-state index contributed by atoms with van der Waals surface area (Å²) in [6.07, 6.45) is 0. The Morgan fingerprint density at radius 1 is 0.211 bits per heavy atom. The first-order valence-electron chi connectivity index (χ1n) is 19.6.